The van der Waals surface area contributed by atoms with E-state index in [0.29, 0.717) is 11.9 Å². The maximum Gasteiger partial charge on any atom is 0.284 e. The minimum Gasteiger partial charge on any atom is -0.363 e. The highest BCUT2D eigenvalue weighted by Gasteiger charge is 2.26. The van der Waals surface area contributed by atoms with Gasteiger partial charge < -0.3 is 10.3 Å². The van der Waals surface area contributed by atoms with Crippen molar-refractivity contribution in [3.63, 3.8) is 0 Å². The summed E-state index contributed by atoms with van der Waals surface area (Å²) < 4.78 is 1.85. The smallest absolute Gasteiger partial charge is 0.284 e. The number of aromatic nitrogens is 2. The highest BCUT2D eigenvalue weighted by Crippen LogP contribution is 2.35. The molecule has 1 aliphatic carbocycles. The van der Waals surface area contributed by atoms with E-state index in [0.717, 1.165) is 12.8 Å². The normalized spacial score (nSPS) is 16.7. The molecular weight excluding hydrogens is 142 g/mol. The van der Waals surface area contributed by atoms with Crippen molar-refractivity contribution in [2.75, 3.05) is 0 Å². The molecule has 1 aliphatic rings. The number of hydrogen-bond donors (Lipinski definition) is 1. The van der Waals surface area contributed by atoms with Crippen molar-refractivity contribution >= 4 is 5.91 Å². The number of nitrogens with zero attached hydrogens (tertiary/aromatic N) is 2. The molecule has 1 saturated carbocycles. The Bertz CT molecular complexity index is 288. The second-order valence-corrected chi connectivity index (χ2v) is 2.75. The molecule has 4 heteroatoms. The molecule has 0 spiro atoms. The molecule has 0 aromatic carbocycles. The van der Waals surface area contributed by atoms with Crippen LogP contribution in [0, 0.1) is 0 Å². The summed E-state index contributed by atoms with van der Waals surface area (Å²) >= 11 is 0. The first-order chi connectivity index (χ1) is 5.29. The Balaban J connectivity index is 2.37. The van der Waals surface area contributed by atoms with Crippen molar-refractivity contribution in [2.45, 2.75) is 18.9 Å². The number of amides is 1. The molecule has 1 heterocycles. The molecule has 0 aliphatic heterocycles. The van der Waals surface area contributed by atoms with Crippen molar-refractivity contribution in [3.8, 4) is 0 Å². The van der Waals surface area contributed by atoms with E-state index < -0.39 is 5.91 Å². The lowest BCUT2D eigenvalue weighted by Crippen LogP contribution is -2.17. The zero-order valence-corrected chi connectivity index (χ0v) is 6.03. The fourth-order valence-electron chi connectivity index (χ4n) is 1.15. The molecule has 0 atom stereocenters. The maximum absolute atomic E-state index is 10.8. The van der Waals surface area contributed by atoms with Crippen LogP contribution in [0.3, 0.4) is 0 Å². The van der Waals surface area contributed by atoms with Gasteiger partial charge in [-0.1, -0.05) is 0 Å². The highest BCUT2D eigenvalue weighted by atomic mass is 16.1. The standard InChI is InChI=1S/C7H9N3O/c8-6(11)7-9-3-4-10(7)5-1-2-5/h3-5H,1-2H2,(H2,8,11). The first-order valence-corrected chi connectivity index (χ1v) is 3.61. The lowest BCUT2D eigenvalue weighted by atomic mass is 10.5. The third-order valence-electron chi connectivity index (χ3n) is 1.83. The summed E-state index contributed by atoms with van der Waals surface area (Å²) in [7, 11) is 0. The van der Waals surface area contributed by atoms with Crippen molar-refractivity contribution in [1.82, 2.24) is 9.55 Å². The van der Waals surface area contributed by atoms with Crippen LogP contribution in [0.4, 0.5) is 0 Å². The van der Waals surface area contributed by atoms with Gasteiger partial charge in [0.25, 0.3) is 5.91 Å². The van der Waals surface area contributed by atoms with E-state index in [1.807, 2.05) is 4.57 Å². The third kappa shape index (κ3) is 1.00. The number of hydrogen-bond acceptors (Lipinski definition) is 2. The maximum atomic E-state index is 10.8. The highest BCUT2D eigenvalue weighted by molar-refractivity contribution is 5.89. The van der Waals surface area contributed by atoms with Crippen molar-refractivity contribution in [1.29, 1.82) is 0 Å². The SMILES string of the molecule is NC(=O)c1nccn1C1CC1. The second kappa shape index (κ2) is 2.08. The van der Waals surface area contributed by atoms with Crippen LogP contribution < -0.4 is 5.73 Å². The Morgan fingerprint density at radius 3 is 3.00 bits per heavy atom. The lowest BCUT2D eigenvalue weighted by molar-refractivity contribution is 0.0986. The topological polar surface area (TPSA) is 60.9 Å². The second-order valence-electron chi connectivity index (χ2n) is 2.75. The minimum absolute atomic E-state index is 0.382. The van der Waals surface area contributed by atoms with Gasteiger partial charge >= 0.3 is 0 Å². The van der Waals surface area contributed by atoms with E-state index in [2.05, 4.69) is 4.98 Å². The van der Waals surface area contributed by atoms with Crippen LogP contribution in [-0.2, 0) is 0 Å². The fraction of sp³-hybridized carbons (Fsp3) is 0.429. The molecule has 2 rings (SSSR count). The summed E-state index contributed by atoms with van der Waals surface area (Å²) in [5.41, 5.74) is 5.10. The van der Waals surface area contributed by atoms with Gasteiger partial charge in [0.1, 0.15) is 0 Å². The molecule has 1 fully saturated rings. The summed E-state index contributed by atoms with van der Waals surface area (Å²) in [5.74, 6) is -0.0607. The number of carbonyl (C=O) groups excluding carboxylic acids is 1. The van der Waals surface area contributed by atoms with Gasteiger partial charge in [0.2, 0.25) is 0 Å². The quantitative estimate of drug-likeness (QED) is 0.661. The van der Waals surface area contributed by atoms with Crippen molar-refractivity contribution < 1.29 is 4.79 Å². The first kappa shape index (κ1) is 6.39. The summed E-state index contributed by atoms with van der Waals surface area (Å²) in [6.45, 7) is 0. The van der Waals surface area contributed by atoms with Crippen LogP contribution in [0.1, 0.15) is 29.5 Å². The predicted molar refractivity (Wildman–Crippen MR) is 39.0 cm³/mol. The minimum atomic E-state index is -0.443. The molecule has 4 nitrogen and oxygen atoms in total. The average molecular weight is 151 g/mol. The van der Waals surface area contributed by atoms with Gasteiger partial charge in [-0.25, -0.2) is 4.98 Å². The molecule has 2 N–H and O–H groups in total. The van der Waals surface area contributed by atoms with E-state index >= 15 is 0 Å². The molecular formula is C7H9N3O. The van der Waals surface area contributed by atoms with Gasteiger partial charge in [-0.05, 0) is 12.8 Å². The Morgan fingerprint density at radius 1 is 1.73 bits per heavy atom. The molecule has 1 aromatic heterocycles. The van der Waals surface area contributed by atoms with Gasteiger partial charge in [-0.15, -0.1) is 0 Å². The molecule has 11 heavy (non-hydrogen) atoms. The Labute approximate surface area is 64.0 Å². The summed E-state index contributed by atoms with van der Waals surface area (Å²) in [6.07, 6.45) is 5.68. The number of rotatable bonds is 2. The van der Waals surface area contributed by atoms with E-state index in [9.17, 15) is 4.79 Å². The van der Waals surface area contributed by atoms with Crippen LogP contribution in [-0.4, -0.2) is 15.5 Å². The Morgan fingerprint density at radius 2 is 2.45 bits per heavy atom. The van der Waals surface area contributed by atoms with Crippen LogP contribution in [0.2, 0.25) is 0 Å². The Kier molecular flexibility index (Phi) is 1.21. The van der Waals surface area contributed by atoms with Gasteiger partial charge in [-0.2, -0.15) is 0 Å². The summed E-state index contributed by atoms with van der Waals surface area (Å²) in [6, 6.07) is 0.472. The van der Waals surface area contributed by atoms with Crippen LogP contribution in [0.5, 0.6) is 0 Å². The fourth-order valence-corrected chi connectivity index (χ4v) is 1.15. The summed E-state index contributed by atoms with van der Waals surface area (Å²) in [5, 5.41) is 0. The molecule has 0 unspecified atom stereocenters. The molecule has 1 amide bonds. The van der Waals surface area contributed by atoms with Crippen LogP contribution in [0.25, 0.3) is 0 Å². The zero-order chi connectivity index (χ0) is 7.84. The van der Waals surface area contributed by atoms with E-state index in [-0.39, 0.29) is 0 Å². The van der Waals surface area contributed by atoms with Gasteiger partial charge in [0.05, 0.1) is 0 Å². The molecule has 58 valence electrons. The monoisotopic (exact) mass is 151 g/mol. The average Bonchev–Trinajstić information content (AvgIpc) is 2.68. The first-order valence-electron chi connectivity index (χ1n) is 3.61. The number of imidazole rings is 1. The Hall–Kier alpha value is -1.32. The number of carbonyl (C=O) groups is 1. The zero-order valence-electron chi connectivity index (χ0n) is 6.03. The lowest BCUT2D eigenvalue weighted by Gasteiger charge is -2.00. The molecule has 0 bridgehead atoms. The predicted octanol–water partition coefficient (Wildman–Crippen LogP) is 0.317. The third-order valence-corrected chi connectivity index (χ3v) is 1.83. The van der Waals surface area contributed by atoms with E-state index in [1.54, 1.807) is 12.4 Å². The summed E-state index contributed by atoms with van der Waals surface area (Å²) in [4.78, 5) is 14.6. The van der Waals surface area contributed by atoms with E-state index in [4.69, 9.17) is 5.73 Å². The molecule has 1 aromatic rings. The van der Waals surface area contributed by atoms with Gasteiger partial charge in [0, 0.05) is 18.4 Å². The van der Waals surface area contributed by atoms with E-state index in [1.165, 1.54) is 0 Å². The van der Waals surface area contributed by atoms with Gasteiger partial charge in [0.15, 0.2) is 5.82 Å². The molecule has 0 radical (unpaired) electrons. The molecule has 0 saturated heterocycles. The van der Waals surface area contributed by atoms with Crippen LogP contribution in [0.15, 0.2) is 12.4 Å². The van der Waals surface area contributed by atoms with Crippen molar-refractivity contribution in [3.05, 3.63) is 18.2 Å². The largest absolute Gasteiger partial charge is 0.363 e. The number of primary amides is 1. The van der Waals surface area contributed by atoms with Gasteiger partial charge in [-0.3, -0.25) is 4.79 Å². The van der Waals surface area contributed by atoms with Crippen molar-refractivity contribution in [2.24, 2.45) is 5.73 Å². The number of nitrogens with two attached hydrogens (primary N) is 1. The van der Waals surface area contributed by atoms with Crippen LogP contribution >= 0.6 is 0 Å².